The Kier molecular flexibility index (Phi) is 4.38. The minimum Gasteiger partial charge on any atom is -0.378 e. The first-order chi connectivity index (χ1) is 7.29. The van der Waals surface area contributed by atoms with Crippen LogP contribution in [0, 0.1) is 5.41 Å². The van der Waals surface area contributed by atoms with Crippen molar-refractivity contribution < 1.29 is 4.74 Å². The molecule has 1 N–H and O–H groups in total. The predicted octanol–water partition coefficient (Wildman–Crippen LogP) is 1.73. The molecule has 0 saturated carbocycles. The van der Waals surface area contributed by atoms with Crippen LogP contribution in [0.4, 0.5) is 0 Å². The maximum absolute atomic E-state index is 5.56. The topological polar surface area (TPSA) is 24.5 Å². The number of nitrogens with one attached hydrogen (secondary N) is 1. The first kappa shape index (κ1) is 13.9. The van der Waals surface area contributed by atoms with Gasteiger partial charge in [-0.05, 0) is 33.2 Å². The molecule has 1 saturated heterocycles. The van der Waals surface area contributed by atoms with E-state index in [0.29, 0.717) is 6.04 Å². The number of nitrogens with zero attached hydrogens (tertiary/aromatic N) is 1. The van der Waals surface area contributed by atoms with Crippen LogP contribution in [0.25, 0.3) is 0 Å². The molecule has 1 rings (SSSR count). The van der Waals surface area contributed by atoms with Gasteiger partial charge in [-0.2, -0.15) is 0 Å². The third-order valence-corrected chi connectivity index (χ3v) is 4.02. The molecule has 0 radical (unpaired) electrons. The highest BCUT2D eigenvalue weighted by Gasteiger charge is 2.36. The number of ether oxygens (including phenoxy) is 1. The molecule has 1 aliphatic heterocycles. The third-order valence-electron chi connectivity index (χ3n) is 4.02. The van der Waals surface area contributed by atoms with Crippen LogP contribution in [0.1, 0.15) is 34.6 Å². The second-order valence-corrected chi connectivity index (χ2v) is 6.29. The fourth-order valence-electron chi connectivity index (χ4n) is 2.20. The van der Waals surface area contributed by atoms with Crippen LogP contribution in [0.2, 0.25) is 0 Å². The molecule has 1 aliphatic rings. The Labute approximate surface area is 101 Å². The summed E-state index contributed by atoms with van der Waals surface area (Å²) < 4.78 is 5.56. The van der Waals surface area contributed by atoms with E-state index in [2.05, 4.69) is 44.8 Å². The van der Waals surface area contributed by atoms with Crippen LogP contribution in [0.3, 0.4) is 0 Å². The minimum absolute atomic E-state index is 0.170. The molecule has 96 valence electrons. The van der Waals surface area contributed by atoms with Crippen molar-refractivity contribution in [3.05, 3.63) is 0 Å². The standard InChI is InChI=1S/C13H28N2O/c1-11(14-6)12(2,3)9-15-7-8-16-10-13(15,4)5/h11,14H,7-10H2,1-6H3. The van der Waals surface area contributed by atoms with Crippen molar-refractivity contribution in [1.29, 1.82) is 0 Å². The number of rotatable bonds is 4. The average Bonchev–Trinajstić information content (AvgIpc) is 2.19. The Hall–Kier alpha value is -0.120. The molecule has 1 fully saturated rings. The molecule has 16 heavy (non-hydrogen) atoms. The summed E-state index contributed by atoms with van der Waals surface area (Å²) in [6, 6.07) is 0.520. The van der Waals surface area contributed by atoms with Gasteiger partial charge in [0.1, 0.15) is 0 Å². The number of hydrogen-bond acceptors (Lipinski definition) is 3. The van der Waals surface area contributed by atoms with Gasteiger partial charge in [-0.25, -0.2) is 0 Å². The SMILES string of the molecule is CNC(C)C(C)(C)CN1CCOCC1(C)C. The molecule has 0 aliphatic carbocycles. The van der Waals surface area contributed by atoms with Gasteiger partial charge >= 0.3 is 0 Å². The highest BCUT2D eigenvalue weighted by molar-refractivity contribution is 4.90. The van der Waals surface area contributed by atoms with E-state index >= 15 is 0 Å². The van der Waals surface area contributed by atoms with E-state index in [0.717, 1.165) is 26.3 Å². The normalized spacial score (nSPS) is 24.4. The van der Waals surface area contributed by atoms with Gasteiger partial charge in [-0.15, -0.1) is 0 Å². The van der Waals surface area contributed by atoms with Crippen molar-refractivity contribution in [2.45, 2.75) is 46.2 Å². The van der Waals surface area contributed by atoms with E-state index in [1.54, 1.807) is 0 Å². The van der Waals surface area contributed by atoms with Crippen molar-refractivity contribution in [2.24, 2.45) is 5.41 Å². The van der Waals surface area contributed by atoms with E-state index in [9.17, 15) is 0 Å². The summed E-state index contributed by atoms with van der Waals surface area (Å²) in [5, 5.41) is 3.36. The second kappa shape index (κ2) is 5.03. The van der Waals surface area contributed by atoms with Crippen molar-refractivity contribution in [3.63, 3.8) is 0 Å². The molecule has 0 aromatic rings. The highest BCUT2D eigenvalue weighted by Crippen LogP contribution is 2.27. The van der Waals surface area contributed by atoms with E-state index in [1.807, 2.05) is 7.05 Å². The smallest absolute Gasteiger partial charge is 0.0645 e. The first-order valence-electron chi connectivity index (χ1n) is 6.30. The lowest BCUT2D eigenvalue weighted by Crippen LogP contribution is -2.57. The molecule has 0 spiro atoms. The first-order valence-corrected chi connectivity index (χ1v) is 6.30. The third kappa shape index (κ3) is 3.19. The fourth-order valence-corrected chi connectivity index (χ4v) is 2.20. The van der Waals surface area contributed by atoms with Gasteiger partial charge in [-0.3, -0.25) is 4.90 Å². The Bertz CT molecular complexity index is 226. The van der Waals surface area contributed by atoms with E-state index in [-0.39, 0.29) is 11.0 Å². The summed E-state index contributed by atoms with van der Waals surface area (Å²) in [5.41, 5.74) is 0.451. The summed E-state index contributed by atoms with van der Waals surface area (Å²) in [5.74, 6) is 0. The van der Waals surface area contributed by atoms with Gasteiger partial charge in [0.25, 0.3) is 0 Å². The zero-order valence-electron chi connectivity index (χ0n) is 11.8. The van der Waals surface area contributed by atoms with Crippen LogP contribution in [-0.2, 0) is 4.74 Å². The molecule has 3 heteroatoms. The lowest BCUT2D eigenvalue weighted by molar-refractivity contribution is -0.0674. The molecular weight excluding hydrogens is 200 g/mol. The Morgan fingerprint density at radius 3 is 2.56 bits per heavy atom. The Morgan fingerprint density at radius 2 is 2.06 bits per heavy atom. The zero-order valence-corrected chi connectivity index (χ0v) is 11.8. The second-order valence-electron chi connectivity index (χ2n) is 6.29. The van der Waals surface area contributed by atoms with Crippen LogP contribution in [-0.4, -0.2) is 49.8 Å². The van der Waals surface area contributed by atoms with Gasteiger partial charge < -0.3 is 10.1 Å². The summed E-state index contributed by atoms with van der Waals surface area (Å²) in [6.07, 6.45) is 0. The van der Waals surface area contributed by atoms with E-state index in [1.165, 1.54) is 0 Å². The molecule has 0 aromatic carbocycles. The Morgan fingerprint density at radius 1 is 1.44 bits per heavy atom. The van der Waals surface area contributed by atoms with Gasteiger partial charge in [0.15, 0.2) is 0 Å². The monoisotopic (exact) mass is 228 g/mol. The van der Waals surface area contributed by atoms with Crippen molar-refractivity contribution in [3.8, 4) is 0 Å². The number of morpholine rings is 1. The molecule has 1 unspecified atom stereocenters. The minimum atomic E-state index is 0.170. The van der Waals surface area contributed by atoms with Crippen molar-refractivity contribution >= 4 is 0 Å². The van der Waals surface area contributed by atoms with E-state index < -0.39 is 0 Å². The lowest BCUT2D eigenvalue weighted by atomic mass is 9.83. The summed E-state index contributed by atoms with van der Waals surface area (Å²) in [4.78, 5) is 2.56. The maximum Gasteiger partial charge on any atom is 0.0645 e. The average molecular weight is 228 g/mol. The quantitative estimate of drug-likeness (QED) is 0.793. The summed E-state index contributed by atoms with van der Waals surface area (Å²) in [6.45, 7) is 15.3. The molecule has 1 heterocycles. The predicted molar refractivity (Wildman–Crippen MR) is 68.8 cm³/mol. The van der Waals surface area contributed by atoms with Gasteiger partial charge in [0.05, 0.1) is 13.2 Å². The van der Waals surface area contributed by atoms with Crippen LogP contribution >= 0.6 is 0 Å². The largest absolute Gasteiger partial charge is 0.378 e. The fraction of sp³-hybridized carbons (Fsp3) is 1.00. The number of hydrogen-bond donors (Lipinski definition) is 1. The highest BCUT2D eigenvalue weighted by atomic mass is 16.5. The zero-order chi connectivity index (χ0) is 12.4. The summed E-state index contributed by atoms with van der Waals surface area (Å²) in [7, 11) is 2.04. The van der Waals surface area contributed by atoms with Crippen LogP contribution in [0.15, 0.2) is 0 Å². The molecule has 0 bridgehead atoms. The molecule has 0 amide bonds. The van der Waals surface area contributed by atoms with E-state index in [4.69, 9.17) is 4.74 Å². The molecule has 1 atom stereocenters. The van der Waals surface area contributed by atoms with Crippen molar-refractivity contribution in [2.75, 3.05) is 33.4 Å². The van der Waals surface area contributed by atoms with Gasteiger partial charge in [0.2, 0.25) is 0 Å². The van der Waals surface area contributed by atoms with Gasteiger partial charge in [0, 0.05) is 24.7 Å². The molecule has 3 nitrogen and oxygen atoms in total. The molecular formula is C13H28N2O. The lowest BCUT2D eigenvalue weighted by Gasteiger charge is -2.47. The summed E-state index contributed by atoms with van der Waals surface area (Å²) >= 11 is 0. The van der Waals surface area contributed by atoms with Gasteiger partial charge in [-0.1, -0.05) is 13.8 Å². The van der Waals surface area contributed by atoms with Crippen LogP contribution in [0.5, 0.6) is 0 Å². The van der Waals surface area contributed by atoms with Crippen LogP contribution < -0.4 is 5.32 Å². The Balaban J connectivity index is 2.64. The van der Waals surface area contributed by atoms with Crippen molar-refractivity contribution in [1.82, 2.24) is 10.2 Å². The molecule has 0 aromatic heterocycles. The maximum atomic E-state index is 5.56.